The maximum absolute atomic E-state index is 13.2. The number of hydrogen-bond donors (Lipinski definition) is 1. The summed E-state index contributed by atoms with van der Waals surface area (Å²) in [5, 5.41) is 3.31. The Hall–Kier alpha value is -3.71. The fraction of sp³-hybridized carbons (Fsp3) is 0.259. The SMILES string of the molecule is COc1ccc(CNC(=O)[C@H](C)N(Cc2ccc(OC)cc2)C(=O)COc2ccccc2Cl)cc1. The van der Waals surface area contributed by atoms with Crippen LogP contribution in [0.3, 0.4) is 0 Å². The van der Waals surface area contributed by atoms with E-state index in [1.54, 1.807) is 45.4 Å². The Morgan fingerprint density at radius 1 is 0.886 bits per heavy atom. The van der Waals surface area contributed by atoms with Gasteiger partial charge in [0.2, 0.25) is 5.91 Å². The number of nitrogens with zero attached hydrogens (tertiary/aromatic N) is 1. The minimum atomic E-state index is -0.738. The van der Waals surface area contributed by atoms with Crippen molar-refractivity contribution in [2.45, 2.75) is 26.1 Å². The molecular formula is C27H29ClN2O5. The van der Waals surface area contributed by atoms with Gasteiger partial charge >= 0.3 is 0 Å². The van der Waals surface area contributed by atoms with Crippen LogP contribution in [0.1, 0.15) is 18.1 Å². The first-order valence-corrected chi connectivity index (χ1v) is 11.5. The standard InChI is InChI=1S/C27H29ClN2O5/c1-19(27(32)29-16-20-8-12-22(33-2)13-9-20)30(17-21-10-14-23(34-3)15-11-21)26(31)18-35-25-7-5-4-6-24(25)28/h4-15,19H,16-18H2,1-3H3,(H,29,32)/t19-/m0/s1. The number of rotatable bonds is 11. The van der Waals surface area contributed by atoms with Gasteiger partial charge in [0.25, 0.3) is 5.91 Å². The number of methoxy groups -OCH3 is 2. The number of ether oxygens (including phenoxy) is 3. The van der Waals surface area contributed by atoms with E-state index in [1.807, 2.05) is 48.5 Å². The molecule has 0 aromatic heterocycles. The molecule has 3 aromatic carbocycles. The zero-order valence-electron chi connectivity index (χ0n) is 20.0. The van der Waals surface area contributed by atoms with Crippen molar-refractivity contribution in [2.24, 2.45) is 0 Å². The second-order valence-electron chi connectivity index (χ2n) is 7.83. The van der Waals surface area contributed by atoms with Crippen LogP contribution >= 0.6 is 11.6 Å². The van der Waals surface area contributed by atoms with Crippen LogP contribution in [-0.2, 0) is 22.7 Å². The zero-order chi connectivity index (χ0) is 25.2. The molecule has 0 aliphatic rings. The Balaban J connectivity index is 1.70. The van der Waals surface area contributed by atoms with E-state index in [2.05, 4.69) is 5.32 Å². The molecule has 0 saturated heterocycles. The number of carbonyl (C=O) groups excluding carboxylic acids is 2. The van der Waals surface area contributed by atoms with Gasteiger partial charge in [0.1, 0.15) is 23.3 Å². The Morgan fingerprint density at radius 2 is 1.46 bits per heavy atom. The van der Waals surface area contributed by atoms with Gasteiger partial charge in [-0.2, -0.15) is 0 Å². The van der Waals surface area contributed by atoms with Gasteiger partial charge in [0, 0.05) is 13.1 Å². The van der Waals surface area contributed by atoms with Crippen molar-refractivity contribution in [2.75, 3.05) is 20.8 Å². The largest absolute Gasteiger partial charge is 0.497 e. The summed E-state index contributed by atoms with van der Waals surface area (Å²) in [5.41, 5.74) is 1.77. The lowest BCUT2D eigenvalue weighted by atomic mass is 10.1. The lowest BCUT2D eigenvalue weighted by Crippen LogP contribution is -2.48. The molecule has 1 N–H and O–H groups in total. The van der Waals surface area contributed by atoms with E-state index < -0.39 is 6.04 Å². The second kappa shape index (κ2) is 12.7. The molecule has 0 fully saturated rings. The third-order valence-electron chi connectivity index (χ3n) is 5.49. The number of nitrogens with one attached hydrogen (secondary N) is 1. The third-order valence-corrected chi connectivity index (χ3v) is 5.81. The van der Waals surface area contributed by atoms with E-state index >= 15 is 0 Å². The number of carbonyl (C=O) groups is 2. The highest BCUT2D eigenvalue weighted by Gasteiger charge is 2.26. The number of hydrogen-bond acceptors (Lipinski definition) is 5. The van der Waals surface area contributed by atoms with Crippen LogP contribution in [0.2, 0.25) is 5.02 Å². The normalized spacial score (nSPS) is 11.3. The maximum Gasteiger partial charge on any atom is 0.261 e. The molecule has 7 nitrogen and oxygen atoms in total. The molecule has 0 heterocycles. The topological polar surface area (TPSA) is 77.1 Å². The summed E-state index contributed by atoms with van der Waals surface area (Å²) in [6.07, 6.45) is 0. The number of para-hydroxylation sites is 1. The highest BCUT2D eigenvalue weighted by atomic mass is 35.5. The lowest BCUT2D eigenvalue weighted by Gasteiger charge is -2.29. The summed E-state index contributed by atoms with van der Waals surface area (Å²) < 4.78 is 16.0. The molecule has 8 heteroatoms. The van der Waals surface area contributed by atoms with E-state index in [-0.39, 0.29) is 25.0 Å². The smallest absolute Gasteiger partial charge is 0.261 e. The predicted octanol–water partition coefficient (Wildman–Crippen LogP) is 4.47. The lowest BCUT2D eigenvalue weighted by molar-refractivity contribution is -0.142. The molecule has 0 unspecified atom stereocenters. The average molecular weight is 497 g/mol. The van der Waals surface area contributed by atoms with Crippen molar-refractivity contribution in [3.05, 3.63) is 88.9 Å². The molecule has 0 saturated carbocycles. The zero-order valence-corrected chi connectivity index (χ0v) is 20.7. The molecule has 0 radical (unpaired) electrons. The van der Waals surface area contributed by atoms with Gasteiger partial charge < -0.3 is 24.4 Å². The fourth-order valence-electron chi connectivity index (χ4n) is 3.37. The average Bonchev–Trinajstić information content (AvgIpc) is 2.90. The summed E-state index contributed by atoms with van der Waals surface area (Å²) in [7, 11) is 3.19. The second-order valence-corrected chi connectivity index (χ2v) is 8.24. The Labute approximate surface area is 210 Å². The monoisotopic (exact) mass is 496 g/mol. The van der Waals surface area contributed by atoms with Crippen LogP contribution in [0.15, 0.2) is 72.8 Å². The molecule has 3 rings (SSSR count). The first kappa shape index (κ1) is 25.9. The van der Waals surface area contributed by atoms with Gasteiger partial charge in [0.15, 0.2) is 6.61 Å². The first-order valence-electron chi connectivity index (χ1n) is 11.1. The van der Waals surface area contributed by atoms with Crippen molar-refractivity contribution in [1.29, 1.82) is 0 Å². The summed E-state index contributed by atoms with van der Waals surface area (Å²) in [6, 6.07) is 20.9. The van der Waals surface area contributed by atoms with E-state index in [4.69, 9.17) is 25.8 Å². The van der Waals surface area contributed by atoms with Gasteiger partial charge in [-0.25, -0.2) is 0 Å². The Bertz CT molecular complexity index is 1120. The Kier molecular flexibility index (Phi) is 9.38. The van der Waals surface area contributed by atoms with E-state index in [1.165, 1.54) is 4.90 Å². The van der Waals surface area contributed by atoms with Gasteiger partial charge in [0.05, 0.1) is 19.2 Å². The van der Waals surface area contributed by atoms with Crippen molar-refractivity contribution in [3.63, 3.8) is 0 Å². The van der Waals surface area contributed by atoms with Crippen molar-refractivity contribution in [3.8, 4) is 17.2 Å². The molecule has 0 aliphatic heterocycles. The highest BCUT2D eigenvalue weighted by Crippen LogP contribution is 2.23. The molecule has 2 amide bonds. The van der Waals surface area contributed by atoms with Crippen molar-refractivity contribution >= 4 is 23.4 Å². The van der Waals surface area contributed by atoms with Gasteiger partial charge in [-0.3, -0.25) is 9.59 Å². The van der Waals surface area contributed by atoms with Crippen LogP contribution in [0.25, 0.3) is 0 Å². The summed E-state index contributed by atoms with van der Waals surface area (Å²) in [5.74, 6) is 1.24. The summed E-state index contributed by atoms with van der Waals surface area (Å²) in [6.45, 7) is 2.00. The van der Waals surface area contributed by atoms with Gasteiger partial charge in [-0.05, 0) is 54.4 Å². The van der Waals surface area contributed by atoms with Crippen molar-refractivity contribution < 1.29 is 23.8 Å². The minimum absolute atomic E-state index is 0.228. The van der Waals surface area contributed by atoms with Crippen LogP contribution in [0.5, 0.6) is 17.2 Å². The number of benzene rings is 3. The summed E-state index contributed by atoms with van der Waals surface area (Å²) in [4.78, 5) is 27.7. The summed E-state index contributed by atoms with van der Waals surface area (Å²) >= 11 is 6.14. The van der Waals surface area contributed by atoms with E-state index in [9.17, 15) is 9.59 Å². The third kappa shape index (κ3) is 7.39. The predicted molar refractivity (Wildman–Crippen MR) is 135 cm³/mol. The molecular weight excluding hydrogens is 468 g/mol. The minimum Gasteiger partial charge on any atom is -0.497 e. The van der Waals surface area contributed by atoms with Crippen LogP contribution in [0, 0.1) is 0 Å². The molecule has 1 atom stereocenters. The molecule has 184 valence electrons. The van der Waals surface area contributed by atoms with Gasteiger partial charge in [-0.15, -0.1) is 0 Å². The quantitative estimate of drug-likeness (QED) is 0.424. The molecule has 35 heavy (non-hydrogen) atoms. The van der Waals surface area contributed by atoms with Gasteiger partial charge in [-0.1, -0.05) is 48.0 Å². The highest BCUT2D eigenvalue weighted by molar-refractivity contribution is 6.32. The van der Waals surface area contributed by atoms with Crippen molar-refractivity contribution in [1.82, 2.24) is 10.2 Å². The first-order chi connectivity index (χ1) is 16.9. The van der Waals surface area contributed by atoms with Crippen LogP contribution < -0.4 is 19.5 Å². The number of halogens is 1. The maximum atomic E-state index is 13.2. The molecule has 3 aromatic rings. The molecule has 0 bridgehead atoms. The Morgan fingerprint density at radius 3 is 2.03 bits per heavy atom. The van der Waals surface area contributed by atoms with Crippen LogP contribution in [-0.4, -0.2) is 43.6 Å². The number of amides is 2. The fourth-order valence-corrected chi connectivity index (χ4v) is 3.57. The molecule has 0 spiro atoms. The van der Waals surface area contributed by atoms with E-state index in [0.717, 1.165) is 16.9 Å². The molecule has 0 aliphatic carbocycles. The van der Waals surface area contributed by atoms with Crippen LogP contribution in [0.4, 0.5) is 0 Å². The van der Waals surface area contributed by atoms with E-state index in [0.29, 0.717) is 23.1 Å².